The Labute approximate surface area is 137 Å². The zero-order valence-corrected chi connectivity index (χ0v) is 15.0. The highest BCUT2D eigenvalue weighted by Gasteiger charge is 2.30. The lowest BCUT2D eigenvalue weighted by Gasteiger charge is -2.35. The normalized spacial score (nSPS) is 13.1. The third-order valence-electron chi connectivity index (χ3n) is 3.57. The van der Waals surface area contributed by atoms with Gasteiger partial charge >= 0.3 is 0 Å². The van der Waals surface area contributed by atoms with Crippen LogP contribution in [-0.2, 0) is 12.0 Å². The molecule has 0 atom stereocenters. The number of aromatic nitrogens is 2. The van der Waals surface area contributed by atoms with E-state index in [9.17, 15) is 0 Å². The van der Waals surface area contributed by atoms with Crippen LogP contribution in [-0.4, -0.2) is 15.4 Å². The van der Waals surface area contributed by atoms with Gasteiger partial charge in [0.2, 0.25) is 0 Å². The van der Waals surface area contributed by atoms with Gasteiger partial charge in [-0.15, -0.1) is 11.6 Å². The topological polar surface area (TPSA) is 17.8 Å². The summed E-state index contributed by atoms with van der Waals surface area (Å²) in [7, 11) is 0. The maximum atomic E-state index is 6.10. The second-order valence-corrected chi connectivity index (χ2v) is 8.30. The zero-order chi connectivity index (χ0) is 15.8. The van der Waals surface area contributed by atoms with Crippen LogP contribution in [0, 0.1) is 5.41 Å². The monoisotopic (exact) mass is 326 g/mol. The summed E-state index contributed by atoms with van der Waals surface area (Å²) in [5, 5.41) is 0.721. The predicted molar refractivity (Wildman–Crippen MR) is 92.6 cm³/mol. The number of hydrogen-bond donors (Lipinski definition) is 0. The fourth-order valence-electron chi connectivity index (χ4n) is 3.41. The van der Waals surface area contributed by atoms with Crippen molar-refractivity contribution in [3.05, 3.63) is 29.0 Å². The van der Waals surface area contributed by atoms with Crippen LogP contribution in [0.5, 0.6) is 0 Å². The zero-order valence-electron chi connectivity index (χ0n) is 13.5. The maximum absolute atomic E-state index is 6.10. The number of halogens is 2. The summed E-state index contributed by atoms with van der Waals surface area (Å²) < 4.78 is 2.34. The van der Waals surface area contributed by atoms with Gasteiger partial charge in [-0.05, 0) is 43.9 Å². The highest BCUT2D eigenvalue weighted by Crippen LogP contribution is 2.36. The predicted octanol–water partition coefficient (Wildman–Crippen LogP) is 5.64. The van der Waals surface area contributed by atoms with Gasteiger partial charge in [-0.25, -0.2) is 4.98 Å². The number of hydrogen-bond acceptors (Lipinski definition) is 1. The van der Waals surface area contributed by atoms with Gasteiger partial charge in [0.05, 0.1) is 11.0 Å². The van der Waals surface area contributed by atoms with Crippen LogP contribution in [0.1, 0.15) is 46.9 Å². The molecule has 0 saturated carbocycles. The first-order valence-corrected chi connectivity index (χ1v) is 8.29. The molecule has 0 radical (unpaired) electrons. The fourth-order valence-corrected chi connectivity index (χ4v) is 3.74. The summed E-state index contributed by atoms with van der Waals surface area (Å²) in [5.74, 6) is 1.61. The molecular weight excluding hydrogens is 303 g/mol. The number of aryl methyl sites for hydroxylation is 1. The lowest BCUT2D eigenvalue weighted by molar-refractivity contribution is 0.215. The second-order valence-electron chi connectivity index (χ2n) is 7.49. The Morgan fingerprint density at radius 1 is 1.14 bits per heavy atom. The fraction of sp³-hybridized carbons (Fsp3) is 0.588. The van der Waals surface area contributed by atoms with Crippen LogP contribution < -0.4 is 0 Å². The molecule has 0 spiro atoms. The number of fused-ring (bicyclic) bond motifs is 1. The van der Waals surface area contributed by atoms with Crippen LogP contribution in [0.2, 0.25) is 5.02 Å². The van der Waals surface area contributed by atoms with E-state index in [0.717, 1.165) is 34.7 Å². The molecule has 1 heterocycles. The Balaban J connectivity index is 2.61. The Morgan fingerprint density at radius 3 is 2.38 bits per heavy atom. The minimum atomic E-state index is -0.0256. The molecule has 0 aliphatic heterocycles. The molecule has 2 rings (SSSR count). The Morgan fingerprint density at radius 2 is 1.81 bits per heavy atom. The molecule has 0 bridgehead atoms. The van der Waals surface area contributed by atoms with Crippen molar-refractivity contribution < 1.29 is 0 Å². The van der Waals surface area contributed by atoms with Crippen LogP contribution in [0.3, 0.4) is 0 Å². The average Bonchev–Trinajstić information content (AvgIpc) is 2.63. The minimum Gasteiger partial charge on any atom is -0.322 e. The summed E-state index contributed by atoms with van der Waals surface area (Å²) in [6, 6.07) is 5.92. The number of imidazole rings is 1. The van der Waals surface area contributed by atoms with Gasteiger partial charge in [0, 0.05) is 22.9 Å². The molecule has 0 aliphatic rings. The van der Waals surface area contributed by atoms with Crippen molar-refractivity contribution in [1.82, 2.24) is 9.55 Å². The summed E-state index contributed by atoms with van der Waals surface area (Å²) in [6.07, 6.45) is 1.82. The van der Waals surface area contributed by atoms with Gasteiger partial charge in [0.25, 0.3) is 0 Å². The van der Waals surface area contributed by atoms with E-state index in [-0.39, 0.29) is 11.0 Å². The van der Waals surface area contributed by atoms with E-state index in [1.165, 1.54) is 0 Å². The first kappa shape index (κ1) is 16.6. The first-order valence-electron chi connectivity index (χ1n) is 7.37. The Hall–Kier alpha value is -0.730. The number of benzene rings is 1. The average molecular weight is 327 g/mol. The van der Waals surface area contributed by atoms with Crippen molar-refractivity contribution in [2.24, 2.45) is 5.41 Å². The molecule has 0 aliphatic carbocycles. The van der Waals surface area contributed by atoms with Gasteiger partial charge in [-0.1, -0.05) is 32.4 Å². The van der Waals surface area contributed by atoms with Gasteiger partial charge in [-0.2, -0.15) is 0 Å². The van der Waals surface area contributed by atoms with Crippen LogP contribution >= 0.6 is 23.2 Å². The molecule has 0 saturated heterocycles. The van der Waals surface area contributed by atoms with E-state index in [0.29, 0.717) is 5.88 Å². The molecule has 0 amide bonds. The summed E-state index contributed by atoms with van der Waals surface area (Å²) >= 11 is 12.1. The van der Waals surface area contributed by atoms with Gasteiger partial charge in [0.1, 0.15) is 5.82 Å². The van der Waals surface area contributed by atoms with Gasteiger partial charge in [0.15, 0.2) is 0 Å². The quantitative estimate of drug-likeness (QED) is 0.664. The Kier molecular flexibility index (Phi) is 4.60. The molecule has 4 heteroatoms. The Bertz CT molecular complexity index is 636. The van der Waals surface area contributed by atoms with Gasteiger partial charge < -0.3 is 4.57 Å². The van der Waals surface area contributed by atoms with E-state index < -0.39 is 0 Å². The lowest BCUT2D eigenvalue weighted by atomic mass is 9.81. The third kappa shape index (κ3) is 3.73. The summed E-state index contributed by atoms with van der Waals surface area (Å²) in [4.78, 5) is 4.75. The highest BCUT2D eigenvalue weighted by molar-refractivity contribution is 6.31. The van der Waals surface area contributed by atoms with Crippen LogP contribution in [0.15, 0.2) is 18.2 Å². The number of alkyl halides is 1. The van der Waals surface area contributed by atoms with Crippen molar-refractivity contribution in [2.75, 3.05) is 5.88 Å². The van der Waals surface area contributed by atoms with E-state index >= 15 is 0 Å². The van der Waals surface area contributed by atoms with Crippen molar-refractivity contribution in [3.63, 3.8) is 0 Å². The molecule has 21 heavy (non-hydrogen) atoms. The van der Waals surface area contributed by atoms with Crippen molar-refractivity contribution in [3.8, 4) is 0 Å². The summed E-state index contributed by atoms with van der Waals surface area (Å²) in [5.41, 5.74) is 2.30. The molecule has 2 aromatic rings. The first-order chi connectivity index (χ1) is 9.64. The van der Waals surface area contributed by atoms with Crippen molar-refractivity contribution in [2.45, 2.75) is 53.0 Å². The van der Waals surface area contributed by atoms with Crippen LogP contribution in [0.4, 0.5) is 0 Å². The highest BCUT2D eigenvalue weighted by atomic mass is 35.5. The molecule has 0 unspecified atom stereocenters. The lowest BCUT2D eigenvalue weighted by Crippen LogP contribution is -2.32. The van der Waals surface area contributed by atoms with E-state index in [1.54, 1.807) is 0 Å². The van der Waals surface area contributed by atoms with E-state index in [4.69, 9.17) is 28.2 Å². The van der Waals surface area contributed by atoms with Crippen LogP contribution in [0.25, 0.3) is 11.0 Å². The third-order valence-corrected chi connectivity index (χ3v) is 4.00. The molecule has 0 fully saturated rings. The molecular formula is C17H24Cl2N2. The smallest absolute Gasteiger partial charge is 0.111 e. The largest absolute Gasteiger partial charge is 0.322 e. The maximum Gasteiger partial charge on any atom is 0.111 e. The SMILES string of the molecule is CC(C)(C)CC(C)(C)n1c(CCCl)nc2cc(Cl)ccc21. The molecule has 116 valence electrons. The van der Waals surface area contributed by atoms with Crippen molar-refractivity contribution >= 4 is 34.2 Å². The van der Waals surface area contributed by atoms with Crippen molar-refractivity contribution in [1.29, 1.82) is 0 Å². The van der Waals surface area contributed by atoms with E-state index in [1.807, 2.05) is 12.1 Å². The number of rotatable bonds is 4. The molecule has 1 aromatic heterocycles. The van der Waals surface area contributed by atoms with Gasteiger partial charge in [-0.3, -0.25) is 0 Å². The standard InChI is InChI=1S/C17H24Cl2N2/c1-16(2,3)11-17(4,5)21-14-7-6-12(19)10-13(14)20-15(21)8-9-18/h6-7,10H,8-9,11H2,1-5H3. The molecule has 1 aromatic carbocycles. The molecule has 2 nitrogen and oxygen atoms in total. The summed E-state index contributed by atoms with van der Waals surface area (Å²) in [6.45, 7) is 11.3. The molecule has 0 N–H and O–H groups in total. The van der Waals surface area contributed by atoms with E-state index in [2.05, 4.69) is 45.3 Å². The minimum absolute atomic E-state index is 0.0256. The second kappa shape index (κ2) is 5.81. The number of nitrogens with zero attached hydrogens (tertiary/aromatic N) is 2.